The van der Waals surface area contributed by atoms with Gasteiger partial charge in [0.15, 0.2) is 0 Å². The van der Waals surface area contributed by atoms with Crippen LogP contribution in [0.15, 0.2) is 0 Å². The van der Waals surface area contributed by atoms with Crippen LogP contribution in [0.25, 0.3) is 0 Å². The first-order valence-electron chi connectivity index (χ1n) is 4.96. The number of hydrogen-bond donors (Lipinski definition) is 0. The Labute approximate surface area is 77.5 Å². The Balaban J connectivity index is 3.40. The molecule has 0 fully saturated rings. The van der Waals surface area contributed by atoms with Gasteiger partial charge < -0.3 is 9.80 Å². The second-order valence-electron chi connectivity index (χ2n) is 3.88. The molecule has 0 spiro atoms. The maximum atomic E-state index is 2.39. The van der Waals surface area contributed by atoms with Crippen LogP contribution in [0.3, 0.4) is 0 Å². The van der Waals surface area contributed by atoms with Crippen molar-refractivity contribution in [2.75, 3.05) is 33.7 Å². The summed E-state index contributed by atoms with van der Waals surface area (Å²) in [5, 5.41) is 0. The van der Waals surface area contributed by atoms with Gasteiger partial charge in [0.25, 0.3) is 0 Å². The second-order valence-corrected chi connectivity index (χ2v) is 3.88. The zero-order valence-corrected chi connectivity index (χ0v) is 9.30. The molecule has 0 bridgehead atoms. The Morgan fingerprint density at radius 1 is 1.00 bits per heavy atom. The quantitative estimate of drug-likeness (QED) is 0.601. The van der Waals surface area contributed by atoms with Gasteiger partial charge in [-0.05, 0) is 40.9 Å². The summed E-state index contributed by atoms with van der Waals surface area (Å²) in [5.41, 5.74) is 0. The summed E-state index contributed by atoms with van der Waals surface area (Å²) < 4.78 is 0. The molecule has 0 radical (unpaired) electrons. The van der Waals surface area contributed by atoms with Crippen LogP contribution in [0, 0.1) is 0 Å². The van der Waals surface area contributed by atoms with Gasteiger partial charge in [0.1, 0.15) is 0 Å². The molecule has 0 aliphatic rings. The molecule has 0 aliphatic carbocycles. The van der Waals surface area contributed by atoms with Crippen LogP contribution >= 0.6 is 0 Å². The lowest BCUT2D eigenvalue weighted by atomic mass is 10.3. The van der Waals surface area contributed by atoms with Crippen LogP contribution in [-0.4, -0.2) is 49.6 Å². The van der Waals surface area contributed by atoms with Crippen molar-refractivity contribution in [1.82, 2.24) is 9.80 Å². The number of likely N-dealkylation sites (N-methyl/N-ethyl adjacent to an activating group) is 2. The molecule has 12 heavy (non-hydrogen) atoms. The average Bonchev–Trinajstić information content (AvgIpc) is 2.00. The first-order valence-corrected chi connectivity index (χ1v) is 4.96. The third kappa shape index (κ3) is 5.56. The lowest BCUT2D eigenvalue weighted by Crippen LogP contribution is -2.34. The van der Waals surface area contributed by atoms with Crippen LogP contribution < -0.4 is 0 Å². The lowest BCUT2D eigenvalue weighted by molar-refractivity contribution is 0.225. The molecule has 0 unspecified atom stereocenters. The molecular weight excluding hydrogens is 148 g/mol. The van der Waals surface area contributed by atoms with Gasteiger partial charge in [0.2, 0.25) is 0 Å². The Hall–Kier alpha value is -0.0800. The van der Waals surface area contributed by atoms with Crippen LogP contribution in [0.5, 0.6) is 0 Å². The van der Waals surface area contributed by atoms with E-state index in [0.717, 1.165) is 0 Å². The number of nitrogens with zero attached hydrogens (tertiary/aromatic N) is 2. The van der Waals surface area contributed by atoms with Crippen molar-refractivity contribution in [3.05, 3.63) is 0 Å². The van der Waals surface area contributed by atoms with Crippen LogP contribution in [-0.2, 0) is 0 Å². The highest BCUT2D eigenvalue weighted by atomic mass is 15.2. The standard InChI is InChI=1S/C10H24N2/c1-6-7-11(4)8-9-12(5)10(2)3/h10H,6-9H2,1-5H3. The Morgan fingerprint density at radius 3 is 2.00 bits per heavy atom. The van der Waals surface area contributed by atoms with E-state index >= 15 is 0 Å². The van der Waals surface area contributed by atoms with Gasteiger partial charge >= 0.3 is 0 Å². The first-order chi connectivity index (χ1) is 5.57. The molecule has 0 amide bonds. The zero-order valence-electron chi connectivity index (χ0n) is 9.30. The highest BCUT2D eigenvalue weighted by Crippen LogP contribution is 1.94. The van der Waals surface area contributed by atoms with E-state index in [9.17, 15) is 0 Å². The van der Waals surface area contributed by atoms with E-state index in [-0.39, 0.29) is 0 Å². The van der Waals surface area contributed by atoms with Gasteiger partial charge in [-0.2, -0.15) is 0 Å². The molecule has 0 saturated heterocycles. The summed E-state index contributed by atoms with van der Waals surface area (Å²) in [7, 11) is 4.38. The Kier molecular flexibility index (Phi) is 6.39. The molecule has 0 atom stereocenters. The molecule has 0 rings (SSSR count). The molecule has 0 aromatic carbocycles. The van der Waals surface area contributed by atoms with Crippen molar-refractivity contribution in [3.8, 4) is 0 Å². The SMILES string of the molecule is CCCN(C)CCN(C)C(C)C. The summed E-state index contributed by atoms with van der Waals surface area (Å²) in [6, 6.07) is 0.667. The van der Waals surface area contributed by atoms with Crippen molar-refractivity contribution in [1.29, 1.82) is 0 Å². The molecule has 2 nitrogen and oxygen atoms in total. The van der Waals surface area contributed by atoms with Gasteiger partial charge in [-0.1, -0.05) is 6.92 Å². The lowest BCUT2D eigenvalue weighted by Gasteiger charge is -2.24. The zero-order chi connectivity index (χ0) is 9.56. The second kappa shape index (κ2) is 6.44. The topological polar surface area (TPSA) is 6.48 Å². The summed E-state index contributed by atoms with van der Waals surface area (Å²) in [5.74, 6) is 0. The Bertz CT molecular complexity index is 102. The minimum atomic E-state index is 0.667. The smallest absolute Gasteiger partial charge is 0.0109 e. The molecule has 0 aromatic rings. The first kappa shape index (κ1) is 11.9. The molecule has 0 N–H and O–H groups in total. The highest BCUT2D eigenvalue weighted by molar-refractivity contribution is 4.59. The maximum absolute atomic E-state index is 2.39. The fourth-order valence-corrected chi connectivity index (χ4v) is 1.08. The number of hydrogen-bond acceptors (Lipinski definition) is 2. The van der Waals surface area contributed by atoms with Crippen molar-refractivity contribution in [2.45, 2.75) is 33.2 Å². The molecular formula is C10H24N2. The van der Waals surface area contributed by atoms with Gasteiger partial charge in [-0.15, -0.1) is 0 Å². The van der Waals surface area contributed by atoms with E-state index in [1.165, 1.54) is 26.1 Å². The molecule has 0 saturated carbocycles. The monoisotopic (exact) mass is 172 g/mol. The minimum absolute atomic E-state index is 0.667. The third-order valence-corrected chi connectivity index (χ3v) is 2.32. The highest BCUT2D eigenvalue weighted by Gasteiger charge is 2.03. The van der Waals surface area contributed by atoms with E-state index in [0.29, 0.717) is 6.04 Å². The maximum Gasteiger partial charge on any atom is 0.0109 e. The fraction of sp³-hybridized carbons (Fsp3) is 1.00. The fourth-order valence-electron chi connectivity index (χ4n) is 1.08. The molecule has 2 heteroatoms. The van der Waals surface area contributed by atoms with E-state index in [1.54, 1.807) is 0 Å². The van der Waals surface area contributed by atoms with Crippen molar-refractivity contribution in [3.63, 3.8) is 0 Å². The van der Waals surface area contributed by atoms with Crippen LogP contribution in [0.4, 0.5) is 0 Å². The molecule has 0 aliphatic heterocycles. The molecule has 0 heterocycles. The van der Waals surface area contributed by atoms with Crippen LogP contribution in [0.2, 0.25) is 0 Å². The van der Waals surface area contributed by atoms with E-state index in [4.69, 9.17) is 0 Å². The predicted molar refractivity (Wildman–Crippen MR) is 55.6 cm³/mol. The average molecular weight is 172 g/mol. The predicted octanol–water partition coefficient (Wildman–Crippen LogP) is 1.67. The van der Waals surface area contributed by atoms with E-state index in [2.05, 4.69) is 44.7 Å². The largest absolute Gasteiger partial charge is 0.305 e. The van der Waals surface area contributed by atoms with Crippen molar-refractivity contribution in [2.24, 2.45) is 0 Å². The minimum Gasteiger partial charge on any atom is -0.305 e. The van der Waals surface area contributed by atoms with E-state index < -0.39 is 0 Å². The third-order valence-electron chi connectivity index (χ3n) is 2.32. The van der Waals surface area contributed by atoms with Crippen LogP contribution in [0.1, 0.15) is 27.2 Å². The summed E-state index contributed by atoms with van der Waals surface area (Å²) in [6.07, 6.45) is 1.25. The summed E-state index contributed by atoms with van der Waals surface area (Å²) in [4.78, 5) is 4.77. The van der Waals surface area contributed by atoms with Gasteiger partial charge in [0.05, 0.1) is 0 Å². The van der Waals surface area contributed by atoms with Gasteiger partial charge in [-0.3, -0.25) is 0 Å². The van der Waals surface area contributed by atoms with Gasteiger partial charge in [-0.25, -0.2) is 0 Å². The van der Waals surface area contributed by atoms with Gasteiger partial charge in [0, 0.05) is 19.1 Å². The van der Waals surface area contributed by atoms with E-state index in [1.807, 2.05) is 0 Å². The Morgan fingerprint density at radius 2 is 1.58 bits per heavy atom. The summed E-state index contributed by atoms with van der Waals surface area (Å²) in [6.45, 7) is 10.3. The normalized spacial score (nSPS) is 12.0. The molecule has 74 valence electrons. The summed E-state index contributed by atoms with van der Waals surface area (Å²) >= 11 is 0. The van der Waals surface area contributed by atoms with Crippen molar-refractivity contribution >= 4 is 0 Å². The van der Waals surface area contributed by atoms with Crippen molar-refractivity contribution < 1.29 is 0 Å². The molecule has 0 aromatic heterocycles. The number of rotatable bonds is 6.